The van der Waals surface area contributed by atoms with E-state index in [9.17, 15) is 31.2 Å². The first kappa shape index (κ1) is 24.3. The number of likely N-dealkylation sites (tertiary alicyclic amines) is 1. The fourth-order valence-corrected chi connectivity index (χ4v) is 5.72. The molecule has 1 N–H and O–H groups in total. The second kappa shape index (κ2) is 9.06. The van der Waals surface area contributed by atoms with Crippen LogP contribution in [0.15, 0.2) is 46.1 Å². The van der Waals surface area contributed by atoms with Gasteiger partial charge < -0.3 is 14.2 Å². The summed E-state index contributed by atoms with van der Waals surface area (Å²) < 4.78 is 73.0. The van der Waals surface area contributed by atoms with Gasteiger partial charge in [0.05, 0.1) is 23.5 Å². The summed E-state index contributed by atoms with van der Waals surface area (Å²) in [4.78, 5) is 26.7. The summed E-state index contributed by atoms with van der Waals surface area (Å²) in [5, 5.41) is 0. The fourth-order valence-electron chi connectivity index (χ4n) is 4.62. The summed E-state index contributed by atoms with van der Waals surface area (Å²) in [6.45, 7) is 1.59. The number of carbonyl (C=O) groups is 1. The van der Waals surface area contributed by atoms with Crippen molar-refractivity contribution in [3.8, 4) is 0 Å². The van der Waals surface area contributed by atoms with Crippen LogP contribution < -0.4 is 10.3 Å². The van der Waals surface area contributed by atoms with Crippen LogP contribution in [0, 0.1) is 5.92 Å². The number of alkyl halides is 3. The molecule has 2 bridgehead atoms. The number of piperidine rings is 1. The second-order valence-electron chi connectivity index (χ2n) is 8.56. The predicted molar refractivity (Wildman–Crippen MR) is 117 cm³/mol. The van der Waals surface area contributed by atoms with Crippen LogP contribution in [-0.4, -0.2) is 50.6 Å². The fraction of sp³-hybridized carbons (Fsp3) is 0.455. The number of hydrogen-bond acceptors (Lipinski definition) is 5. The van der Waals surface area contributed by atoms with Crippen LogP contribution in [0.1, 0.15) is 30.0 Å². The summed E-state index contributed by atoms with van der Waals surface area (Å²) in [7, 11) is -2.89. The largest absolute Gasteiger partial charge is 0.416 e. The second-order valence-corrected chi connectivity index (χ2v) is 10.2. The molecule has 2 aliphatic rings. The van der Waals surface area contributed by atoms with Crippen molar-refractivity contribution in [3.05, 3.63) is 58.0 Å². The van der Waals surface area contributed by atoms with Gasteiger partial charge in [-0.1, -0.05) is 6.07 Å². The first-order valence-corrected chi connectivity index (χ1v) is 12.2. The van der Waals surface area contributed by atoms with Gasteiger partial charge in [0.15, 0.2) is 0 Å². The number of fused-ring (bicyclic) bond motifs is 4. The minimum atomic E-state index is -4.70. The SMILES string of the molecule is COCCC(=O)N1CC2CC(C1)c1ccc(NS(=O)(=O)c3cccc(C(F)(F)F)c3)c(=O)n1C2. The Labute approximate surface area is 194 Å². The van der Waals surface area contributed by atoms with Crippen LogP contribution in [0.25, 0.3) is 0 Å². The first-order chi connectivity index (χ1) is 16.0. The van der Waals surface area contributed by atoms with Crippen LogP contribution in [0.5, 0.6) is 0 Å². The number of amides is 1. The molecule has 1 fully saturated rings. The van der Waals surface area contributed by atoms with Crippen LogP contribution in [0.4, 0.5) is 18.9 Å². The van der Waals surface area contributed by atoms with Crippen molar-refractivity contribution >= 4 is 21.6 Å². The number of methoxy groups -OCH3 is 1. The highest BCUT2D eigenvalue weighted by Crippen LogP contribution is 2.36. The highest BCUT2D eigenvalue weighted by molar-refractivity contribution is 7.92. The number of rotatable bonds is 6. The van der Waals surface area contributed by atoms with Crippen molar-refractivity contribution in [3.63, 3.8) is 0 Å². The maximum atomic E-state index is 13.1. The van der Waals surface area contributed by atoms with E-state index in [1.54, 1.807) is 11.0 Å². The molecule has 8 nitrogen and oxygen atoms in total. The number of nitrogens with one attached hydrogen (secondary N) is 1. The number of halogens is 3. The van der Waals surface area contributed by atoms with E-state index in [0.29, 0.717) is 38.0 Å². The lowest BCUT2D eigenvalue weighted by molar-refractivity contribution is -0.137. The van der Waals surface area contributed by atoms with Gasteiger partial charge in [-0.2, -0.15) is 13.2 Å². The first-order valence-electron chi connectivity index (χ1n) is 10.7. The Morgan fingerprint density at radius 1 is 1.18 bits per heavy atom. The molecule has 4 rings (SSSR count). The third-order valence-corrected chi connectivity index (χ3v) is 7.56. The third kappa shape index (κ3) is 4.83. The van der Waals surface area contributed by atoms with Crippen molar-refractivity contribution in [1.82, 2.24) is 9.47 Å². The number of carbonyl (C=O) groups excluding carboxylic acids is 1. The summed E-state index contributed by atoms with van der Waals surface area (Å²) in [6.07, 6.45) is -3.62. The van der Waals surface area contributed by atoms with Crippen molar-refractivity contribution < 1.29 is 31.1 Å². The maximum absolute atomic E-state index is 13.1. The highest BCUT2D eigenvalue weighted by Gasteiger charge is 2.37. The Hall–Kier alpha value is -2.86. The zero-order valence-electron chi connectivity index (χ0n) is 18.3. The molecular formula is C22H24F3N3O5S. The van der Waals surface area contributed by atoms with E-state index in [1.807, 2.05) is 0 Å². The molecule has 2 aliphatic heterocycles. The van der Waals surface area contributed by atoms with Gasteiger partial charge in [-0.25, -0.2) is 8.42 Å². The minimum Gasteiger partial charge on any atom is -0.384 e. The average Bonchev–Trinajstić information content (AvgIpc) is 2.79. The zero-order valence-corrected chi connectivity index (χ0v) is 19.2. The van der Waals surface area contributed by atoms with Gasteiger partial charge >= 0.3 is 6.18 Å². The van der Waals surface area contributed by atoms with Gasteiger partial charge in [0.25, 0.3) is 15.6 Å². The molecule has 2 unspecified atom stereocenters. The standard InChI is InChI=1S/C22H24F3N3O5S/c1-33-8-7-20(29)27-11-14-9-15(13-27)19-6-5-18(21(30)28(19)12-14)26-34(31,32)17-4-2-3-16(10-17)22(23,24)25/h2-6,10,14-15,26H,7-9,11-13H2,1H3. The summed E-state index contributed by atoms with van der Waals surface area (Å²) >= 11 is 0. The predicted octanol–water partition coefficient (Wildman–Crippen LogP) is 2.65. The van der Waals surface area contributed by atoms with E-state index in [1.165, 1.54) is 17.7 Å². The minimum absolute atomic E-state index is 0.0159. The quantitative estimate of drug-likeness (QED) is 0.659. The molecule has 0 aliphatic carbocycles. The molecule has 1 saturated heterocycles. The van der Waals surface area contributed by atoms with E-state index in [-0.39, 0.29) is 29.9 Å². The molecule has 12 heteroatoms. The summed E-state index contributed by atoms with van der Waals surface area (Å²) in [5.41, 5.74) is -1.21. The Kier molecular flexibility index (Phi) is 6.47. The molecular weight excluding hydrogens is 475 g/mol. The van der Waals surface area contributed by atoms with Gasteiger partial charge in [0.1, 0.15) is 5.69 Å². The van der Waals surface area contributed by atoms with E-state index in [2.05, 4.69) is 4.72 Å². The lowest BCUT2D eigenvalue weighted by Gasteiger charge is -2.43. The van der Waals surface area contributed by atoms with Crippen molar-refractivity contribution in [2.75, 3.05) is 31.5 Å². The molecule has 1 aromatic carbocycles. The monoisotopic (exact) mass is 499 g/mol. The molecule has 34 heavy (non-hydrogen) atoms. The third-order valence-electron chi connectivity index (χ3n) is 6.19. The Morgan fingerprint density at radius 2 is 1.94 bits per heavy atom. The molecule has 184 valence electrons. The smallest absolute Gasteiger partial charge is 0.384 e. The van der Waals surface area contributed by atoms with Gasteiger partial charge in [-0.3, -0.25) is 14.3 Å². The van der Waals surface area contributed by atoms with Crippen LogP contribution >= 0.6 is 0 Å². The number of sulfonamides is 1. The molecule has 1 amide bonds. The van der Waals surface area contributed by atoms with Crippen LogP contribution in [0.2, 0.25) is 0 Å². The van der Waals surface area contributed by atoms with Gasteiger partial charge in [0, 0.05) is 38.4 Å². The van der Waals surface area contributed by atoms with Crippen LogP contribution in [-0.2, 0) is 32.3 Å². The van der Waals surface area contributed by atoms with Gasteiger partial charge in [0.2, 0.25) is 5.91 Å². The van der Waals surface area contributed by atoms with Gasteiger partial charge in [-0.15, -0.1) is 0 Å². The van der Waals surface area contributed by atoms with E-state index in [0.717, 1.165) is 24.6 Å². The Balaban J connectivity index is 1.58. The molecule has 3 heterocycles. The maximum Gasteiger partial charge on any atom is 0.416 e. The molecule has 2 atom stereocenters. The lowest BCUT2D eigenvalue weighted by atomic mass is 9.83. The number of aromatic nitrogens is 1. The molecule has 2 aromatic rings. The number of anilines is 1. The summed E-state index contributed by atoms with van der Waals surface area (Å²) in [6, 6.07) is 6.29. The Bertz CT molecular complexity index is 1260. The topological polar surface area (TPSA) is 97.7 Å². The number of nitrogens with zero attached hydrogens (tertiary/aromatic N) is 2. The highest BCUT2D eigenvalue weighted by atomic mass is 32.2. The molecule has 0 spiro atoms. The number of benzene rings is 1. The summed E-state index contributed by atoms with van der Waals surface area (Å²) in [5.74, 6) is -0.0515. The average molecular weight is 500 g/mol. The normalized spacial score (nSPS) is 20.1. The van der Waals surface area contributed by atoms with E-state index < -0.39 is 32.2 Å². The molecule has 1 aromatic heterocycles. The lowest BCUT2D eigenvalue weighted by Crippen LogP contribution is -2.49. The van der Waals surface area contributed by atoms with E-state index in [4.69, 9.17) is 4.74 Å². The molecule has 0 radical (unpaired) electrons. The van der Waals surface area contributed by atoms with Gasteiger partial charge in [-0.05, 0) is 42.7 Å². The number of ether oxygens (including phenoxy) is 1. The molecule has 0 saturated carbocycles. The van der Waals surface area contributed by atoms with E-state index >= 15 is 0 Å². The zero-order chi connectivity index (χ0) is 24.7. The van der Waals surface area contributed by atoms with Crippen molar-refractivity contribution in [2.24, 2.45) is 5.92 Å². The Morgan fingerprint density at radius 3 is 2.65 bits per heavy atom. The van der Waals surface area contributed by atoms with Crippen LogP contribution in [0.3, 0.4) is 0 Å². The number of hydrogen-bond donors (Lipinski definition) is 1. The number of pyridine rings is 1. The van der Waals surface area contributed by atoms with Crippen molar-refractivity contribution in [2.45, 2.75) is 36.4 Å². The van der Waals surface area contributed by atoms with Crippen molar-refractivity contribution in [1.29, 1.82) is 0 Å².